The third-order valence-electron chi connectivity index (χ3n) is 5.38. The summed E-state index contributed by atoms with van der Waals surface area (Å²) in [5.74, 6) is 6.33. The monoisotopic (exact) mass is 437 g/mol. The third-order valence-corrected chi connectivity index (χ3v) is 5.38. The minimum Gasteiger partial charge on any atom is -0.356 e. The van der Waals surface area contributed by atoms with Crippen molar-refractivity contribution >= 4 is 17.7 Å². The minimum atomic E-state index is -0.135. The molecule has 0 saturated heterocycles. The van der Waals surface area contributed by atoms with E-state index in [1.54, 1.807) is 4.90 Å². The molecule has 0 fully saturated rings. The number of nitrogens with one attached hydrogen (secondary N) is 2. The van der Waals surface area contributed by atoms with Crippen LogP contribution in [0.5, 0.6) is 0 Å². The molecule has 0 unspecified atom stereocenters. The van der Waals surface area contributed by atoms with Gasteiger partial charge in [-0.1, -0.05) is 50.3 Å². The van der Waals surface area contributed by atoms with E-state index >= 15 is 0 Å². The highest BCUT2D eigenvalue weighted by molar-refractivity contribution is 5.81. The average Bonchev–Trinajstić information content (AvgIpc) is 2.78. The van der Waals surface area contributed by atoms with Gasteiger partial charge in [0, 0.05) is 49.2 Å². The van der Waals surface area contributed by atoms with Crippen molar-refractivity contribution in [3.63, 3.8) is 0 Å². The van der Waals surface area contributed by atoms with Gasteiger partial charge in [-0.2, -0.15) is 0 Å². The zero-order valence-electron chi connectivity index (χ0n) is 19.6. The first-order valence-electron chi connectivity index (χ1n) is 11.6. The molecule has 32 heavy (non-hydrogen) atoms. The lowest BCUT2D eigenvalue weighted by Gasteiger charge is -2.27. The number of nitrogens with zero attached hydrogens (tertiary/aromatic N) is 1. The van der Waals surface area contributed by atoms with Crippen LogP contribution in [0.25, 0.3) is 0 Å². The van der Waals surface area contributed by atoms with Gasteiger partial charge in [-0.05, 0) is 37.8 Å². The molecule has 1 aliphatic heterocycles. The summed E-state index contributed by atoms with van der Waals surface area (Å²) in [7, 11) is 0. The molecule has 1 heterocycles. The van der Waals surface area contributed by atoms with Gasteiger partial charge in [-0.15, -0.1) is 0 Å². The molecule has 1 aliphatic rings. The summed E-state index contributed by atoms with van der Waals surface area (Å²) in [6, 6.07) is 7.90. The first kappa shape index (κ1) is 25.2. The zero-order valence-corrected chi connectivity index (χ0v) is 19.6. The number of hydrogen-bond acceptors (Lipinski definition) is 3. The molecule has 1 aromatic rings. The van der Waals surface area contributed by atoms with Crippen LogP contribution >= 0.6 is 0 Å². The van der Waals surface area contributed by atoms with Crippen LogP contribution in [0.4, 0.5) is 0 Å². The van der Waals surface area contributed by atoms with Crippen LogP contribution in [0.2, 0.25) is 0 Å². The Bertz CT molecular complexity index is 908. The Kier molecular flexibility index (Phi) is 10.5. The van der Waals surface area contributed by atoms with Crippen molar-refractivity contribution in [2.75, 3.05) is 13.1 Å². The lowest BCUT2D eigenvalue weighted by atomic mass is 10.0. The Morgan fingerprint density at radius 2 is 1.62 bits per heavy atom. The predicted molar refractivity (Wildman–Crippen MR) is 126 cm³/mol. The van der Waals surface area contributed by atoms with Crippen LogP contribution in [-0.2, 0) is 20.9 Å². The molecule has 3 amide bonds. The second-order valence-electron chi connectivity index (χ2n) is 8.00. The number of rotatable bonds is 11. The maximum Gasteiger partial charge on any atom is 0.228 e. The molecule has 0 aromatic heterocycles. The fourth-order valence-corrected chi connectivity index (χ4v) is 3.53. The van der Waals surface area contributed by atoms with Gasteiger partial charge in [-0.3, -0.25) is 14.4 Å². The molecular formula is C26H35N3O3. The van der Waals surface area contributed by atoms with Crippen LogP contribution in [0.15, 0.2) is 35.5 Å². The average molecular weight is 438 g/mol. The molecule has 2 N–H and O–H groups in total. The first-order chi connectivity index (χ1) is 15.5. The van der Waals surface area contributed by atoms with Crippen molar-refractivity contribution in [2.45, 2.75) is 72.3 Å². The van der Waals surface area contributed by atoms with Crippen LogP contribution in [0.3, 0.4) is 0 Å². The first-order valence-corrected chi connectivity index (χ1v) is 11.6. The molecule has 172 valence electrons. The molecule has 2 rings (SSSR count). The molecular weight excluding hydrogens is 402 g/mol. The molecule has 0 bridgehead atoms. The normalized spacial score (nSPS) is 12.8. The van der Waals surface area contributed by atoms with E-state index in [0.717, 1.165) is 41.7 Å². The SMILES string of the molecule is CCCNC(=O)CCCC(=O)NCCC(=O)N1Cc2ccccc2C#CC(CCC)=C1C. The number of fused-ring (bicyclic) bond motifs is 1. The Balaban J connectivity index is 1.91. The lowest BCUT2D eigenvalue weighted by molar-refractivity contribution is -0.130. The third kappa shape index (κ3) is 7.88. The van der Waals surface area contributed by atoms with Crippen LogP contribution < -0.4 is 10.6 Å². The molecule has 6 heteroatoms. The Morgan fingerprint density at radius 1 is 0.938 bits per heavy atom. The smallest absolute Gasteiger partial charge is 0.228 e. The summed E-state index contributed by atoms with van der Waals surface area (Å²) in [4.78, 5) is 38.5. The van der Waals surface area contributed by atoms with Crippen molar-refractivity contribution in [1.29, 1.82) is 0 Å². The number of carbonyl (C=O) groups excluding carboxylic acids is 3. The maximum atomic E-state index is 13.1. The largest absolute Gasteiger partial charge is 0.356 e. The quantitative estimate of drug-likeness (QED) is 0.519. The second-order valence-corrected chi connectivity index (χ2v) is 8.00. The van der Waals surface area contributed by atoms with Gasteiger partial charge in [0.25, 0.3) is 0 Å². The molecule has 0 atom stereocenters. The van der Waals surface area contributed by atoms with Gasteiger partial charge in [0.15, 0.2) is 0 Å². The zero-order chi connectivity index (χ0) is 23.3. The summed E-state index contributed by atoms with van der Waals surface area (Å²) in [6.07, 6.45) is 4.01. The second kappa shape index (κ2) is 13.4. The van der Waals surface area contributed by atoms with Crippen molar-refractivity contribution in [2.24, 2.45) is 0 Å². The fraction of sp³-hybridized carbons (Fsp3) is 0.500. The van der Waals surface area contributed by atoms with Gasteiger partial charge in [-0.25, -0.2) is 0 Å². The van der Waals surface area contributed by atoms with Gasteiger partial charge < -0.3 is 15.5 Å². The summed E-state index contributed by atoms with van der Waals surface area (Å²) >= 11 is 0. The van der Waals surface area contributed by atoms with Gasteiger partial charge in [0.2, 0.25) is 17.7 Å². The van der Waals surface area contributed by atoms with Gasteiger partial charge >= 0.3 is 0 Å². The van der Waals surface area contributed by atoms with E-state index in [1.807, 2.05) is 38.1 Å². The summed E-state index contributed by atoms with van der Waals surface area (Å²) in [5.41, 5.74) is 3.85. The van der Waals surface area contributed by atoms with Crippen LogP contribution in [0, 0.1) is 11.8 Å². The summed E-state index contributed by atoms with van der Waals surface area (Å²) in [5, 5.41) is 5.60. The van der Waals surface area contributed by atoms with Crippen molar-refractivity contribution in [1.82, 2.24) is 15.5 Å². The van der Waals surface area contributed by atoms with E-state index in [0.29, 0.717) is 25.9 Å². The van der Waals surface area contributed by atoms with E-state index in [-0.39, 0.29) is 37.1 Å². The molecule has 0 aliphatic carbocycles. The Hall–Kier alpha value is -3.07. The number of amides is 3. The topological polar surface area (TPSA) is 78.5 Å². The highest BCUT2D eigenvalue weighted by atomic mass is 16.2. The van der Waals surface area contributed by atoms with Crippen molar-refractivity contribution in [3.05, 3.63) is 46.7 Å². The highest BCUT2D eigenvalue weighted by Gasteiger charge is 2.20. The highest BCUT2D eigenvalue weighted by Crippen LogP contribution is 2.22. The van der Waals surface area contributed by atoms with Gasteiger partial charge in [0.05, 0.1) is 6.54 Å². The molecule has 0 spiro atoms. The van der Waals surface area contributed by atoms with Crippen molar-refractivity contribution in [3.8, 4) is 11.8 Å². The molecule has 0 saturated carbocycles. The standard InChI is InChI=1S/C26H35N3O3/c1-4-9-21-14-15-22-10-6-7-11-23(22)19-29(20(21)3)26(32)16-18-28-25(31)13-8-12-24(30)27-17-5-2/h6-7,10-11H,4-5,8-9,12-13,16-19H2,1-3H3,(H,27,30)(H,28,31). The summed E-state index contributed by atoms with van der Waals surface area (Å²) < 4.78 is 0. The molecule has 6 nitrogen and oxygen atoms in total. The van der Waals surface area contributed by atoms with E-state index in [9.17, 15) is 14.4 Å². The molecule has 0 radical (unpaired) electrons. The van der Waals surface area contributed by atoms with Crippen LogP contribution in [0.1, 0.15) is 76.8 Å². The lowest BCUT2D eigenvalue weighted by Crippen LogP contribution is -2.34. The number of benzene rings is 1. The Morgan fingerprint density at radius 3 is 2.31 bits per heavy atom. The van der Waals surface area contributed by atoms with Gasteiger partial charge in [0.1, 0.15) is 0 Å². The van der Waals surface area contributed by atoms with E-state index in [4.69, 9.17) is 0 Å². The maximum absolute atomic E-state index is 13.1. The van der Waals surface area contributed by atoms with Crippen LogP contribution in [-0.4, -0.2) is 35.7 Å². The predicted octanol–water partition coefficient (Wildman–Crippen LogP) is 3.66. The minimum absolute atomic E-state index is 0.0274. The number of carbonyl (C=O) groups is 3. The fourth-order valence-electron chi connectivity index (χ4n) is 3.53. The van der Waals surface area contributed by atoms with E-state index < -0.39 is 0 Å². The van der Waals surface area contributed by atoms with E-state index in [2.05, 4.69) is 29.4 Å². The summed E-state index contributed by atoms with van der Waals surface area (Å²) in [6.45, 7) is 7.46. The van der Waals surface area contributed by atoms with E-state index in [1.165, 1.54) is 0 Å². The molecule has 1 aromatic carbocycles. The van der Waals surface area contributed by atoms with Crippen molar-refractivity contribution < 1.29 is 14.4 Å². The Labute approximate surface area is 191 Å². The number of allylic oxidation sites excluding steroid dienone is 2. The number of hydrogen-bond donors (Lipinski definition) is 2.